The van der Waals surface area contributed by atoms with Gasteiger partial charge in [-0.2, -0.15) is 5.10 Å². The maximum atomic E-state index is 6.13. The SMILES string of the molecule is CN1CCC[C@H]1CCOc1ccc2c(-c3c(-c4ccccn4)nn4c3CCC4)ccnc2c1. The Kier molecular flexibility index (Phi) is 5.30. The summed E-state index contributed by atoms with van der Waals surface area (Å²) < 4.78 is 8.28. The molecule has 0 spiro atoms. The fraction of sp³-hybridized carbons (Fsp3) is 0.370. The molecule has 33 heavy (non-hydrogen) atoms. The number of nitrogens with zero attached hydrogens (tertiary/aromatic N) is 5. The molecule has 168 valence electrons. The molecule has 2 aliphatic heterocycles. The molecule has 6 nitrogen and oxygen atoms in total. The van der Waals surface area contributed by atoms with Crippen LogP contribution in [0.15, 0.2) is 54.9 Å². The molecule has 3 aromatic heterocycles. The number of ether oxygens (including phenoxy) is 1. The van der Waals surface area contributed by atoms with Crippen LogP contribution in [-0.4, -0.2) is 50.9 Å². The van der Waals surface area contributed by atoms with Gasteiger partial charge in [0.1, 0.15) is 11.4 Å². The van der Waals surface area contributed by atoms with Crippen molar-refractivity contribution in [3.05, 3.63) is 60.6 Å². The van der Waals surface area contributed by atoms with Crippen molar-refractivity contribution in [2.24, 2.45) is 0 Å². The van der Waals surface area contributed by atoms with E-state index in [0.717, 1.165) is 60.5 Å². The highest BCUT2D eigenvalue weighted by Gasteiger charge is 2.25. The summed E-state index contributed by atoms with van der Waals surface area (Å²) in [5, 5.41) is 6.08. The lowest BCUT2D eigenvalue weighted by molar-refractivity contribution is 0.233. The average molecular weight is 440 g/mol. The quantitative estimate of drug-likeness (QED) is 0.425. The summed E-state index contributed by atoms with van der Waals surface area (Å²) in [6.45, 7) is 2.90. The van der Waals surface area contributed by atoms with E-state index in [1.165, 1.54) is 36.2 Å². The van der Waals surface area contributed by atoms with Crippen molar-refractivity contribution in [1.82, 2.24) is 24.6 Å². The van der Waals surface area contributed by atoms with Gasteiger partial charge in [0.25, 0.3) is 0 Å². The van der Waals surface area contributed by atoms with Crippen LogP contribution in [0.1, 0.15) is 31.4 Å². The van der Waals surface area contributed by atoms with Crippen LogP contribution in [0.5, 0.6) is 5.75 Å². The number of pyridine rings is 2. The molecule has 6 heteroatoms. The number of benzene rings is 1. The zero-order chi connectivity index (χ0) is 22.2. The number of hydrogen-bond donors (Lipinski definition) is 0. The molecule has 0 radical (unpaired) electrons. The minimum Gasteiger partial charge on any atom is -0.493 e. The summed E-state index contributed by atoms with van der Waals surface area (Å²) in [6.07, 6.45) is 9.54. The molecule has 1 aromatic carbocycles. The first-order chi connectivity index (χ1) is 16.3. The molecule has 0 N–H and O–H groups in total. The topological polar surface area (TPSA) is 56.1 Å². The molecule has 0 bridgehead atoms. The Hall–Kier alpha value is -3.25. The lowest BCUT2D eigenvalue weighted by Crippen LogP contribution is -2.26. The Bertz CT molecular complexity index is 1280. The number of hydrogen-bond acceptors (Lipinski definition) is 5. The van der Waals surface area contributed by atoms with E-state index in [1.54, 1.807) is 0 Å². The summed E-state index contributed by atoms with van der Waals surface area (Å²) in [4.78, 5) is 11.7. The van der Waals surface area contributed by atoms with Crippen LogP contribution in [0.25, 0.3) is 33.4 Å². The predicted molar refractivity (Wildman–Crippen MR) is 130 cm³/mol. The second kappa shape index (κ2) is 8.60. The van der Waals surface area contributed by atoms with Gasteiger partial charge in [-0.15, -0.1) is 0 Å². The van der Waals surface area contributed by atoms with E-state index in [1.807, 2.05) is 30.6 Å². The van der Waals surface area contributed by atoms with Crippen molar-refractivity contribution in [1.29, 1.82) is 0 Å². The van der Waals surface area contributed by atoms with Crippen molar-refractivity contribution < 1.29 is 4.74 Å². The highest BCUT2D eigenvalue weighted by Crippen LogP contribution is 2.40. The first-order valence-corrected chi connectivity index (χ1v) is 12.0. The number of rotatable bonds is 6. The van der Waals surface area contributed by atoms with Gasteiger partial charge in [0, 0.05) is 47.7 Å². The molecule has 5 heterocycles. The summed E-state index contributed by atoms with van der Waals surface area (Å²) >= 11 is 0. The third-order valence-electron chi connectivity index (χ3n) is 7.12. The molecule has 1 saturated heterocycles. The Morgan fingerprint density at radius 2 is 2.00 bits per heavy atom. The molecule has 0 unspecified atom stereocenters. The molecule has 1 fully saturated rings. The van der Waals surface area contributed by atoms with Crippen molar-refractivity contribution in [2.75, 3.05) is 20.2 Å². The van der Waals surface area contributed by atoms with Crippen molar-refractivity contribution in [3.63, 3.8) is 0 Å². The van der Waals surface area contributed by atoms with E-state index in [4.69, 9.17) is 9.84 Å². The van der Waals surface area contributed by atoms with Gasteiger partial charge < -0.3 is 9.64 Å². The third-order valence-corrected chi connectivity index (χ3v) is 7.12. The van der Waals surface area contributed by atoms with Gasteiger partial charge in [0.05, 0.1) is 17.8 Å². The third kappa shape index (κ3) is 3.78. The number of aromatic nitrogens is 4. The van der Waals surface area contributed by atoms with E-state index in [9.17, 15) is 0 Å². The van der Waals surface area contributed by atoms with Crippen LogP contribution in [0, 0.1) is 0 Å². The summed E-state index contributed by atoms with van der Waals surface area (Å²) in [5.74, 6) is 0.887. The normalized spacial score (nSPS) is 18.2. The summed E-state index contributed by atoms with van der Waals surface area (Å²) in [5.41, 5.74) is 6.48. The molecule has 6 rings (SSSR count). The van der Waals surface area contributed by atoms with Crippen molar-refractivity contribution in [3.8, 4) is 28.3 Å². The fourth-order valence-corrected chi connectivity index (χ4v) is 5.39. The maximum absolute atomic E-state index is 6.13. The monoisotopic (exact) mass is 439 g/mol. The van der Waals surface area contributed by atoms with Gasteiger partial charge in [-0.05, 0) is 81.6 Å². The highest BCUT2D eigenvalue weighted by molar-refractivity contribution is 5.99. The Morgan fingerprint density at radius 3 is 2.85 bits per heavy atom. The molecule has 0 saturated carbocycles. The van der Waals surface area contributed by atoms with E-state index >= 15 is 0 Å². The molecule has 1 atom stereocenters. The van der Waals surface area contributed by atoms with Crippen LogP contribution in [0.2, 0.25) is 0 Å². The van der Waals surface area contributed by atoms with Gasteiger partial charge in [0.2, 0.25) is 0 Å². The number of likely N-dealkylation sites (tertiary alicyclic amines) is 1. The molecule has 0 amide bonds. The van der Waals surface area contributed by atoms with Gasteiger partial charge >= 0.3 is 0 Å². The highest BCUT2D eigenvalue weighted by atomic mass is 16.5. The van der Waals surface area contributed by atoms with E-state index < -0.39 is 0 Å². The summed E-state index contributed by atoms with van der Waals surface area (Å²) in [7, 11) is 2.21. The average Bonchev–Trinajstić information content (AvgIpc) is 3.56. The van der Waals surface area contributed by atoms with Crippen LogP contribution in [-0.2, 0) is 13.0 Å². The molecule has 0 aliphatic carbocycles. The number of aryl methyl sites for hydroxylation is 1. The smallest absolute Gasteiger partial charge is 0.121 e. The van der Waals surface area contributed by atoms with Gasteiger partial charge in [0.15, 0.2) is 0 Å². The zero-order valence-electron chi connectivity index (χ0n) is 19.1. The van der Waals surface area contributed by atoms with Crippen molar-refractivity contribution >= 4 is 10.9 Å². The second-order valence-electron chi connectivity index (χ2n) is 9.16. The molecule has 2 aliphatic rings. The Balaban J connectivity index is 1.34. The molecular weight excluding hydrogens is 410 g/mol. The minimum atomic E-state index is 0.643. The second-order valence-corrected chi connectivity index (χ2v) is 9.16. The minimum absolute atomic E-state index is 0.643. The first kappa shape index (κ1) is 20.4. The van der Waals surface area contributed by atoms with Crippen LogP contribution in [0.3, 0.4) is 0 Å². The van der Waals surface area contributed by atoms with Crippen LogP contribution < -0.4 is 4.74 Å². The van der Waals surface area contributed by atoms with Crippen LogP contribution in [0.4, 0.5) is 0 Å². The largest absolute Gasteiger partial charge is 0.493 e. The van der Waals surface area contributed by atoms with E-state index in [0.29, 0.717) is 6.04 Å². The van der Waals surface area contributed by atoms with E-state index in [2.05, 4.69) is 50.9 Å². The standard InChI is InChI=1S/C27H29N5O/c1-31-15-4-6-19(31)12-17-33-20-9-10-21-22(11-14-29-24(21)18-20)26-25-8-5-16-32(25)30-27(26)23-7-2-3-13-28-23/h2-3,7,9-11,13-14,18-19H,4-6,8,12,15-17H2,1H3/t19-/m0/s1. The first-order valence-electron chi connectivity index (χ1n) is 12.0. The van der Waals surface area contributed by atoms with Gasteiger partial charge in [-0.3, -0.25) is 14.6 Å². The summed E-state index contributed by atoms with van der Waals surface area (Å²) in [6, 6.07) is 15.1. The fourth-order valence-electron chi connectivity index (χ4n) is 5.39. The van der Waals surface area contributed by atoms with Crippen LogP contribution >= 0.6 is 0 Å². The maximum Gasteiger partial charge on any atom is 0.121 e. The predicted octanol–water partition coefficient (Wildman–Crippen LogP) is 4.97. The number of fused-ring (bicyclic) bond motifs is 2. The van der Waals surface area contributed by atoms with E-state index in [-0.39, 0.29) is 0 Å². The van der Waals surface area contributed by atoms with Crippen molar-refractivity contribution in [2.45, 2.75) is 44.7 Å². The lowest BCUT2D eigenvalue weighted by Gasteiger charge is -2.19. The Labute approximate surface area is 194 Å². The zero-order valence-corrected chi connectivity index (χ0v) is 19.1. The van der Waals surface area contributed by atoms with Gasteiger partial charge in [-0.25, -0.2) is 0 Å². The Morgan fingerprint density at radius 1 is 1.03 bits per heavy atom. The molecule has 4 aromatic rings. The molecular formula is C27H29N5O. The lowest BCUT2D eigenvalue weighted by atomic mass is 9.96. The van der Waals surface area contributed by atoms with Gasteiger partial charge in [-0.1, -0.05) is 6.07 Å².